The Bertz CT molecular complexity index is 1490. The highest BCUT2D eigenvalue weighted by Gasteiger charge is 2.53. The molecule has 9 heteroatoms. The molecular weight excluding hydrogens is 552 g/mol. The van der Waals surface area contributed by atoms with Gasteiger partial charge in [-0.3, -0.25) is 4.79 Å². The number of ether oxygens (including phenoxy) is 2. The van der Waals surface area contributed by atoms with Crippen LogP contribution < -0.4 is 5.32 Å². The highest BCUT2D eigenvalue weighted by Crippen LogP contribution is 2.43. The highest BCUT2D eigenvalue weighted by molar-refractivity contribution is 9.10. The van der Waals surface area contributed by atoms with Crippen molar-refractivity contribution in [2.45, 2.75) is 19.4 Å². The summed E-state index contributed by atoms with van der Waals surface area (Å²) in [5, 5.41) is 15.2. The number of fused-ring (bicyclic) bond motifs is 1. The van der Waals surface area contributed by atoms with E-state index in [0.29, 0.717) is 33.4 Å². The fourth-order valence-corrected chi connectivity index (χ4v) is 4.69. The maximum Gasteiger partial charge on any atom is 0.355 e. The van der Waals surface area contributed by atoms with Crippen LogP contribution in [0.25, 0.3) is 22.2 Å². The number of nitrogens with zero attached hydrogens (tertiary/aromatic N) is 1. The molecule has 0 aliphatic heterocycles. The lowest BCUT2D eigenvalue weighted by Crippen LogP contribution is -2.46. The van der Waals surface area contributed by atoms with Crippen molar-refractivity contribution in [3.8, 4) is 11.3 Å². The van der Waals surface area contributed by atoms with E-state index in [-0.39, 0.29) is 24.7 Å². The molecule has 1 amide bonds. The number of halogens is 1. The summed E-state index contributed by atoms with van der Waals surface area (Å²) < 4.78 is 12.9. The summed E-state index contributed by atoms with van der Waals surface area (Å²) in [6.07, 6.45) is 0. The Morgan fingerprint density at radius 3 is 2.11 bits per heavy atom. The van der Waals surface area contributed by atoms with Crippen LogP contribution in [0.15, 0.2) is 77.3 Å². The van der Waals surface area contributed by atoms with Gasteiger partial charge in [0.15, 0.2) is 0 Å². The molecule has 0 saturated heterocycles. The van der Waals surface area contributed by atoms with Gasteiger partial charge in [-0.1, -0.05) is 52.3 Å². The molecule has 2 N–H and O–H groups in total. The van der Waals surface area contributed by atoms with Crippen molar-refractivity contribution in [1.29, 1.82) is 0 Å². The normalized spacial score (nSPS) is 11.3. The topological polar surface area (TPSA) is 107 Å². The standard InChI is InChI=1S/C29H27BrN2O6/c1-4-37-27(34)29(36,28(35)38-5-2)24-21-11-7-9-13-23(21)32(3)25(24)20-10-6-8-12-22(20)31-26(33)18-14-16-19(30)17-15-18/h6-17,36H,4-5H2,1-3H3,(H,31,33). The molecule has 1 aromatic heterocycles. The van der Waals surface area contributed by atoms with Crippen LogP contribution in [0.3, 0.4) is 0 Å². The van der Waals surface area contributed by atoms with Crippen molar-refractivity contribution < 1.29 is 29.0 Å². The van der Waals surface area contributed by atoms with Crippen LogP contribution in [0.2, 0.25) is 0 Å². The van der Waals surface area contributed by atoms with Crippen LogP contribution >= 0.6 is 15.9 Å². The molecule has 0 fully saturated rings. The minimum Gasteiger partial charge on any atom is -0.463 e. The predicted molar refractivity (Wildman–Crippen MR) is 148 cm³/mol. The first-order valence-corrected chi connectivity index (χ1v) is 12.8. The van der Waals surface area contributed by atoms with Crippen molar-refractivity contribution in [2.75, 3.05) is 18.5 Å². The third-order valence-corrected chi connectivity index (χ3v) is 6.68. The smallest absolute Gasteiger partial charge is 0.355 e. The van der Waals surface area contributed by atoms with Crippen LogP contribution in [0.1, 0.15) is 29.8 Å². The summed E-state index contributed by atoms with van der Waals surface area (Å²) in [7, 11) is 1.76. The number of hydrogen-bond donors (Lipinski definition) is 2. The average molecular weight is 579 g/mol. The molecule has 0 bridgehead atoms. The number of para-hydroxylation sites is 2. The monoisotopic (exact) mass is 578 g/mol. The Labute approximate surface area is 228 Å². The van der Waals surface area contributed by atoms with Gasteiger partial charge >= 0.3 is 11.9 Å². The van der Waals surface area contributed by atoms with Gasteiger partial charge in [-0.2, -0.15) is 0 Å². The fraction of sp³-hybridized carbons (Fsp3) is 0.207. The third-order valence-electron chi connectivity index (χ3n) is 6.15. The molecule has 0 unspecified atom stereocenters. The van der Waals surface area contributed by atoms with Gasteiger partial charge in [-0.25, -0.2) is 9.59 Å². The van der Waals surface area contributed by atoms with Gasteiger partial charge in [0.2, 0.25) is 0 Å². The predicted octanol–water partition coefficient (Wildman–Crippen LogP) is 5.17. The molecule has 0 radical (unpaired) electrons. The zero-order valence-electron chi connectivity index (χ0n) is 21.2. The number of aliphatic hydroxyl groups is 1. The number of aromatic nitrogens is 1. The summed E-state index contributed by atoms with van der Waals surface area (Å²) in [6, 6.07) is 20.9. The number of rotatable bonds is 8. The largest absolute Gasteiger partial charge is 0.463 e. The van der Waals surface area contributed by atoms with Crippen molar-refractivity contribution in [1.82, 2.24) is 4.57 Å². The molecule has 38 heavy (non-hydrogen) atoms. The molecule has 196 valence electrons. The van der Waals surface area contributed by atoms with E-state index >= 15 is 0 Å². The second-order valence-electron chi connectivity index (χ2n) is 8.46. The van der Waals surface area contributed by atoms with E-state index < -0.39 is 17.5 Å². The van der Waals surface area contributed by atoms with E-state index in [2.05, 4.69) is 21.2 Å². The van der Waals surface area contributed by atoms with Crippen molar-refractivity contribution in [3.63, 3.8) is 0 Å². The molecule has 8 nitrogen and oxygen atoms in total. The molecular formula is C29H27BrN2O6. The van der Waals surface area contributed by atoms with Gasteiger partial charge in [-0.05, 0) is 50.2 Å². The van der Waals surface area contributed by atoms with E-state index in [4.69, 9.17) is 9.47 Å². The lowest BCUT2D eigenvalue weighted by Gasteiger charge is -2.26. The van der Waals surface area contributed by atoms with Crippen LogP contribution in [-0.4, -0.2) is 40.7 Å². The number of carbonyl (C=O) groups excluding carboxylic acids is 3. The third kappa shape index (κ3) is 4.82. The summed E-state index contributed by atoms with van der Waals surface area (Å²) in [4.78, 5) is 39.6. The molecule has 3 aromatic carbocycles. The van der Waals surface area contributed by atoms with E-state index in [0.717, 1.165) is 4.47 Å². The molecule has 0 atom stereocenters. The number of hydrogen-bond acceptors (Lipinski definition) is 6. The number of anilines is 1. The zero-order chi connectivity index (χ0) is 27.4. The Hall–Kier alpha value is -3.95. The minimum atomic E-state index is -2.76. The van der Waals surface area contributed by atoms with Gasteiger partial charge in [0.25, 0.3) is 11.5 Å². The van der Waals surface area contributed by atoms with Crippen LogP contribution in [-0.2, 0) is 31.7 Å². The Balaban J connectivity index is 1.97. The summed E-state index contributed by atoms with van der Waals surface area (Å²) in [5.41, 5.74) is -0.403. The maximum absolute atomic E-state index is 13.2. The van der Waals surface area contributed by atoms with Gasteiger partial charge in [0.05, 0.1) is 24.6 Å². The molecule has 0 saturated carbocycles. The number of amides is 1. The number of aryl methyl sites for hydroxylation is 1. The number of nitrogens with one attached hydrogen (secondary N) is 1. The Morgan fingerprint density at radius 2 is 1.47 bits per heavy atom. The van der Waals surface area contributed by atoms with Crippen molar-refractivity contribution in [3.05, 3.63) is 88.4 Å². The molecule has 4 rings (SSSR count). The summed E-state index contributed by atoms with van der Waals surface area (Å²) >= 11 is 3.37. The second-order valence-corrected chi connectivity index (χ2v) is 9.37. The van der Waals surface area contributed by atoms with Crippen molar-refractivity contribution >= 4 is 50.4 Å². The van der Waals surface area contributed by atoms with Crippen LogP contribution in [0, 0.1) is 0 Å². The first kappa shape index (κ1) is 27.1. The van der Waals surface area contributed by atoms with Crippen LogP contribution in [0.5, 0.6) is 0 Å². The van der Waals surface area contributed by atoms with E-state index in [9.17, 15) is 19.5 Å². The highest BCUT2D eigenvalue weighted by atomic mass is 79.9. The fourth-order valence-electron chi connectivity index (χ4n) is 4.43. The molecule has 4 aromatic rings. The lowest BCUT2D eigenvalue weighted by molar-refractivity contribution is -0.184. The quantitative estimate of drug-likeness (QED) is 0.220. The van der Waals surface area contributed by atoms with Gasteiger partial charge in [0, 0.05) is 39.1 Å². The van der Waals surface area contributed by atoms with Gasteiger partial charge in [-0.15, -0.1) is 0 Å². The molecule has 0 aliphatic carbocycles. The number of esters is 2. The zero-order valence-corrected chi connectivity index (χ0v) is 22.7. The van der Waals surface area contributed by atoms with Gasteiger partial charge in [0.1, 0.15) is 0 Å². The van der Waals surface area contributed by atoms with E-state index in [1.165, 1.54) is 0 Å². The summed E-state index contributed by atoms with van der Waals surface area (Å²) in [6.45, 7) is 3.06. The SMILES string of the molecule is CCOC(=O)C(O)(C(=O)OCC)c1c(-c2ccccc2NC(=O)c2ccc(Br)cc2)n(C)c2ccccc12. The first-order valence-electron chi connectivity index (χ1n) is 12.0. The lowest BCUT2D eigenvalue weighted by atomic mass is 9.88. The molecule has 1 heterocycles. The van der Waals surface area contributed by atoms with E-state index in [1.54, 1.807) is 86.1 Å². The molecule has 0 spiro atoms. The maximum atomic E-state index is 13.2. The average Bonchev–Trinajstić information content (AvgIpc) is 3.21. The molecule has 0 aliphatic rings. The minimum absolute atomic E-state index is 0.0119. The number of carbonyl (C=O) groups is 3. The van der Waals surface area contributed by atoms with Crippen molar-refractivity contribution in [2.24, 2.45) is 7.05 Å². The number of benzene rings is 3. The Kier molecular flexibility index (Phi) is 7.99. The van der Waals surface area contributed by atoms with E-state index in [1.807, 2.05) is 12.1 Å². The second kappa shape index (κ2) is 11.2. The van der Waals surface area contributed by atoms with Crippen LogP contribution in [0.4, 0.5) is 5.69 Å². The Morgan fingerprint density at radius 1 is 0.895 bits per heavy atom. The van der Waals surface area contributed by atoms with Gasteiger partial charge < -0.3 is 24.5 Å². The summed E-state index contributed by atoms with van der Waals surface area (Å²) in [5.74, 6) is -2.64. The first-order chi connectivity index (χ1) is 18.2.